The van der Waals surface area contributed by atoms with Crippen molar-refractivity contribution in [1.29, 1.82) is 0 Å². The van der Waals surface area contributed by atoms with Gasteiger partial charge in [-0.25, -0.2) is 0 Å². The van der Waals surface area contributed by atoms with Crippen LogP contribution >= 0.6 is 35.4 Å². The lowest BCUT2D eigenvalue weighted by Gasteiger charge is -2.07. The van der Waals surface area contributed by atoms with Gasteiger partial charge < -0.3 is 11.1 Å². The third kappa shape index (κ3) is 4.70. The summed E-state index contributed by atoms with van der Waals surface area (Å²) in [4.78, 5) is 12.3. The van der Waals surface area contributed by atoms with Crippen LogP contribution < -0.4 is 11.1 Å². The van der Waals surface area contributed by atoms with Crippen molar-refractivity contribution in [3.05, 3.63) is 63.6 Å². The van der Waals surface area contributed by atoms with E-state index in [-0.39, 0.29) is 12.3 Å². The molecule has 0 aliphatic carbocycles. The largest absolute Gasteiger partial charge is 0.389 e. The molecule has 2 rings (SSSR count). The molecule has 0 unspecified atom stereocenters. The molecule has 2 aromatic carbocycles. The van der Waals surface area contributed by atoms with Gasteiger partial charge in [0, 0.05) is 21.3 Å². The number of nitrogens with two attached hydrogens (primary N) is 1. The second-order valence-electron chi connectivity index (χ2n) is 4.44. The monoisotopic (exact) mass is 338 g/mol. The summed E-state index contributed by atoms with van der Waals surface area (Å²) >= 11 is 16.6. The third-order valence-electron chi connectivity index (χ3n) is 2.75. The first-order valence-electron chi connectivity index (χ1n) is 6.09. The van der Waals surface area contributed by atoms with E-state index < -0.39 is 0 Å². The van der Waals surface area contributed by atoms with Crippen molar-refractivity contribution in [3.8, 4) is 0 Å². The smallest absolute Gasteiger partial charge is 0.228 e. The van der Waals surface area contributed by atoms with Crippen LogP contribution in [0.25, 0.3) is 0 Å². The van der Waals surface area contributed by atoms with E-state index in [1.54, 1.807) is 30.3 Å². The highest BCUT2D eigenvalue weighted by molar-refractivity contribution is 7.80. The van der Waals surface area contributed by atoms with Gasteiger partial charge in [-0.3, -0.25) is 4.79 Å². The van der Waals surface area contributed by atoms with Crippen molar-refractivity contribution in [2.45, 2.75) is 6.42 Å². The van der Waals surface area contributed by atoms with Crippen molar-refractivity contribution in [2.24, 2.45) is 5.73 Å². The maximum atomic E-state index is 12.0. The third-order valence-corrected chi connectivity index (χ3v) is 3.42. The minimum atomic E-state index is -0.156. The molecule has 2 aromatic rings. The fraction of sp³-hybridized carbons (Fsp3) is 0.0667. The molecule has 1 amide bonds. The van der Waals surface area contributed by atoms with Gasteiger partial charge in [-0.2, -0.15) is 0 Å². The molecule has 0 aliphatic rings. The molecule has 108 valence electrons. The van der Waals surface area contributed by atoms with Gasteiger partial charge in [-0.1, -0.05) is 59.7 Å². The maximum Gasteiger partial charge on any atom is 0.228 e. The van der Waals surface area contributed by atoms with Crippen LogP contribution in [-0.2, 0) is 11.2 Å². The van der Waals surface area contributed by atoms with Crippen molar-refractivity contribution >= 4 is 52.0 Å². The zero-order valence-electron chi connectivity index (χ0n) is 10.9. The van der Waals surface area contributed by atoms with E-state index in [0.29, 0.717) is 20.7 Å². The quantitative estimate of drug-likeness (QED) is 0.833. The van der Waals surface area contributed by atoms with E-state index >= 15 is 0 Å². The molecule has 0 radical (unpaired) electrons. The minimum Gasteiger partial charge on any atom is -0.389 e. The molecule has 6 heteroatoms. The molecular formula is C15H12Cl2N2OS. The summed E-state index contributed by atoms with van der Waals surface area (Å²) < 4.78 is 0. The summed E-state index contributed by atoms with van der Waals surface area (Å²) in [6.07, 6.45) is 0.238. The SMILES string of the molecule is NC(=S)c1ccc(CC(=O)Nc2cc(Cl)cc(Cl)c2)cc1. The van der Waals surface area contributed by atoms with Crippen molar-refractivity contribution in [1.82, 2.24) is 0 Å². The number of anilines is 1. The second-order valence-corrected chi connectivity index (χ2v) is 5.76. The molecule has 0 fully saturated rings. The van der Waals surface area contributed by atoms with Gasteiger partial charge in [-0.05, 0) is 23.8 Å². The highest BCUT2D eigenvalue weighted by atomic mass is 35.5. The number of hydrogen-bond donors (Lipinski definition) is 2. The number of benzene rings is 2. The Morgan fingerprint density at radius 2 is 1.67 bits per heavy atom. The Labute approximate surface area is 138 Å². The Balaban J connectivity index is 2.02. The number of carbonyl (C=O) groups excluding carboxylic acids is 1. The van der Waals surface area contributed by atoms with Gasteiger partial charge in [0.25, 0.3) is 0 Å². The number of rotatable bonds is 4. The lowest BCUT2D eigenvalue weighted by molar-refractivity contribution is -0.115. The molecule has 3 nitrogen and oxygen atoms in total. The lowest BCUT2D eigenvalue weighted by atomic mass is 10.1. The summed E-state index contributed by atoms with van der Waals surface area (Å²) in [7, 11) is 0. The summed E-state index contributed by atoms with van der Waals surface area (Å²) in [5, 5.41) is 3.69. The van der Waals surface area contributed by atoms with Crippen molar-refractivity contribution < 1.29 is 4.79 Å². The molecule has 3 N–H and O–H groups in total. The molecular weight excluding hydrogens is 327 g/mol. The fourth-order valence-electron chi connectivity index (χ4n) is 1.80. The summed E-state index contributed by atoms with van der Waals surface area (Å²) in [5.74, 6) is -0.156. The number of amides is 1. The van der Waals surface area contributed by atoms with Gasteiger partial charge in [-0.15, -0.1) is 0 Å². The first-order valence-corrected chi connectivity index (χ1v) is 7.25. The van der Waals surface area contributed by atoms with Crippen molar-refractivity contribution in [3.63, 3.8) is 0 Å². The van der Waals surface area contributed by atoms with Gasteiger partial charge in [0.05, 0.1) is 6.42 Å². The number of nitrogens with one attached hydrogen (secondary N) is 1. The standard InChI is InChI=1S/C15H12Cl2N2OS/c16-11-6-12(17)8-13(7-11)19-14(20)5-9-1-3-10(4-2-9)15(18)21/h1-4,6-8H,5H2,(H2,18,21)(H,19,20). The van der Waals surface area contributed by atoms with Crippen LogP contribution in [0.15, 0.2) is 42.5 Å². The number of carbonyl (C=O) groups is 1. The first-order chi connectivity index (χ1) is 9.94. The molecule has 21 heavy (non-hydrogen) atoms. The Morgan fingerprint density at radius 1 is 1.10 bits per heavy atom. The molecule has 0 atom stereocenters. The molecule has 0 bridgehead atoms. The molecule has 0 aliphatic heterocycles. The van der Waals surface area contributed by atoms with Crippen LogP contribution in [0.5, 0.6) is 0 Å². The molecule has 0 aromatic heterocycles. The maximum absolute atomic E-state index is 12.0. The highest BCUT2D eigenvalue weighted by Crippen LogP contribution is 2.22. The number of hydrogen-bond acceptors (Lipinski definition) is 2. The van der Waals surface area contributed by atoms with Crippen LogP contribution in [0.3, 0.4) is 0 Å². The minimum absolute atomic E-state index is 0.156. The highest BCUT2D eigenvalue weighted by Gasteiger charge is 2.06. The summed E-state index contributed by atoms with van der Waals surface area (Å²) in [5.41, 5.74) is 7.73. The van der Waals surface area contributed by atoms with E-state index in [4.69, 9.17) is 41.2 Å². The molecule has 0 heterocycles. The average Bonchev–Trinajstić information content (AvgIpc) is 2.37. The van der Waals surface area contributed by atoms with Crippen LogP contribution in [-0.4, -0.2) is 10.9 Å². The second kappa shape index (κ2) is 6.89. The lowest BCUT2D eigenvalue weighted by Crippen LogP contribution is -2.15. The van der Waals surface area contributed by atoms with Gasteiger partial charge >= 0.3 is 0 Å². The summed E-state index contributed by atoms with van der Waals surface area (Å²) in [6.45, 7) is 0. The van der Waals surface area contributed by atoms with E-state index in [9.17, 15) is 4.79 Å². The predicted molar refractivity (Wildman–Crippen MR) is 91.1 cm³/mol. The summed E-state index contributed by atoms with van der Waals surface area (Å²) in [6, 6.07) is 12.1. The Hall–Kier alpha value is -1.62. The van der Waals surface area contributed by atoms with Crippen molar-refractivity contribution in [2.75, 3.05) is 5.32 Å². The van der Waals surface area contributed by atoms with Gasteiger partial charge in [0.2, 0.25) is 5.91 Å². The number of halogens is 2. The molecule has 0 saturated carbocycles. The Kier molecular flexibility index (Phi) is 5.17. The van der Waals surface area contributed by atoms with Crippen LogP contribution in [0.2, 0.25) is 10.0 Å². The van der Waals surface area contributed by atoms with E-state index in [0.717, 1.165) is 11.1 Å². The van der Waals surface area contributed by atoms with Crippen LogP contribution in [0.1, 0.15) is 11.1 Å². The van der Waals surface area contributed by atoms with E-state index in [1.165, 1.54) is 0 Å². The average molecular weight is 339 g/mol. The van der Waals surface area contributed by atoms with E-state index in [2.05, 4.69) is 5.32 Å². The molecule has 0 spiro atoms. The van der Waals surface area contributed by atoms with Crippen LogP contribution in [0, 0.1) is 0 Å². The first kappa shape index (κ1) is 15.8. The zero-order valence-corrected chi connectivity index (χ0v) is 13.2. The fourth-order valence-corrected chi connectivity index (χ4v) is 2.47. The van der Waals surface area contributed by atoms with E-state index in [1.807, 2.05) is 12.1 Å². The normalized spacial score (nSPS) is 10.2. The van der Waals surface area contributed by atoms with Gasteiger partial charge in [0.1, 0.15) is 4.99 Å². The predicted octanol–water partition coefficient (Wildman–Crippen LogP) is 3.81. The van der Waals surface area contributed by atoms with Crippen LogP contribution in [0.4, 0.5) is 5.69 Å². The topological polar surface area (TPSA) is 55.1 Å². The zero-order chi connectivity index (χ0) is 15.4. The molecule has 0 saturated heterocycles. The number of thiocarbonyl (C=S) groups is 1. The Morgan fingerprint density at radius 3 is 2.19 bits per heavy atom. The van der Waals surface area contributed by atoms with Gasteiger partial charge in [0.15, 0.2) is 0 Å². The Bertz CT molecular complexity index is 666.